The van der Waals surface area contributed by atoms with Gasteiger partial charge in [0.05, 0.1) is 7.11 Å². The van der Waals surface area contributed by atoms with Gasteiger partial charge in [-0.3, -0.25) is 0 Å². The summed E-state index contributed by atoms with van der Waals surface area (Å²) in [5, 5.41) is 0. The molecule has 1 unspecified atom stereocenters. The van der Waals surface area contributed by atoms with Crippen LogP contribution in [0.1, 0.15) is 37.0 Å². The fourth-order valence-electron chi connectivity index (χ4n) is 2.68. The number of rotatable bonds is 2. The first-order valence-corrected chi connectivity index (χ1v) is 5.76. The van der Waals surface area contributed by atoms with Crippen molar-refractivity contribution in [2.24, 2.45) is 11.1 Å². The van der Waals surface area contributed by atoms with E-state index in [-0.39, 0.29) is 11.0 Å². The van der Waals surface area contributed by atoms with Crippen LogP contribution in [0.3, 0.4) is 0 Å². The van der Waals surface area contributed by atoms with E-state index in [1.807, 2.05) is 0 Å². The van der Waals surface area contributed by atoms with Crippen molar-refractivity contribution in [3.8, 4) is 5.75 Å². The summed E-state index contributed by atoms with van der Waals surface area (Å²) >= 11 is 0. The molecule has 2 rings (SSSR count). The summed E-state index contributed by atoms with van der Waals surface area (Å²) in [7, 11) is 1.72. The molecule has 0 spiro atoms. The molecule has 1 atom stereocenters. The highest BCUT2D eigenvalue weighted by molar-refractivity contribution is 5.48. The number of aryl methyl sites for hydroxylation is 2. The highest BCUT2D eigenvalue weighted by Crippen LogP contribution is 2.60. The van der Waals surface area contributed by atoms with E-state index in [0.29, 0.717) is 0 Å². The average Bonchev–Trinajstić information content (AvgIpc) is 2.66. The minimum Gasteiger partial charge on any atom is -0.496 e. The molecular formula is C14H21NO. The van der Waals surface area contributed by atoms with Crippen molar-refractivity contribution < 1.29 is 4.74 Å². The van der Waals surface area contributed by atoms with Crippen molar-refractivity contribution in [1.29, 1.82) is 0 Å². The Labute approximate surface area is 97.8 Å². The lowest BCUT2D eigenvalue weighted by molar-refractivity contribution is 0.407. The van der Waals surface area contributed by atoms with Gasteiger partial charge in [-0.1, -0.05) is 26.0 Å². The smallest absolute Gasteiger partial charge is 0.124 e. The van der Waals surface area contributed by atoms with Crippen molar-refractivity contribution in [2.45, 2.75) is 39.7 Å². The predicted octanol–water partition coefficient (Wildman–Crippen LogP) is 2.90. The van der Waals surface area contributed by atoms with Gasteiger partial charge < -0.3 is 10.5 Å². The molecule has 1 aliphatic carbocycles. The molecule has 1 aromatic rings. The Balaban J connectivity index is 2.46. The maximum atomic E-state index is 6.43. The largest absolute Gasteiger partial charge is 0.496 e. The third-order valence-electron chi connectivity index (χ3n) is 3.98. The molecular weight excluding hydrogens is 198 g/mol. The van der Waals surface area contributed by atoms with E-state index in [1.54, 1.807) is 7.11 Å². The van der Waals surface area contributed by atoms with Gasteiger partial charge in [0.1, 0.15) is 5.75 Å². The van der Waals surface area contributed by atoms with E-state index in [1.165, 1.54) is 16.7 Å². The number of benzene rings is 1. The minimum atomic E-state index is -0.144. The summed E-state index contributed by atoms with van der Waals surface area (Å²) in [6.45, 7) is 8.60. The Morgan fingerprint density at radius 2 is 1.62 bits per heavy atom. The number of hydrogen-bond donors (Lipinski definition) is 1. The van der Waals surface area contributed by atoms with Gasteiger partial charge >= 0.3 is 0 Å². The molecule has 1 fully saturated rings. The molecule has 0 amide bonds. The van der Waals surface area contributed by atoms with E-state index in [0.717, 1.165) is 12.2 Å². The molecule has 88 valence electrons. The highest BCUT2D eigenvalue weighted by atomic mass is 16.5. The zero-order chi connectivity index (χ0) is 12.1. The molecule has 0 aromatic heterocycles. The van der Waals surface area contributed by atoms with Gasteiger partial charge in [0, 0.05) is 5.54 Å². The van der Waals surface area contributed by atoms with Gasteiger partial charge in [0.2, 0.25) is 0 Å². The predicted molar refractivity (Wildman–Crippen MR) is 66.7 cm³/mol. The Bertz CT molecular complexity index is 413. The molecule has 0 aliphatic heterocycles. The second-order valence-electron chi connectivity index (χ2n) is 5.68. The first kappa shape index (κ1) is 11.5. The Kier molecular flexibility index (Phi) is 2.32. The summed E-state index contributed by atoms with van der Waals surface area (Å²) in [4.78, 5) is 0. The Morgan fingerprint density at radius 1 is 1.19 bits per heavy atom. The first-order valence-electron chi connectivity index (χ1n) is 5.76. The summed E-state index contributed by atoms with van der Waals surface area (Å²) in [5.41, 5.74) is 10.1. The van der Waals surface area contributed by atoms with Gasteiger partial charge in [-0.25, -0.2) is 0 Å². The summed E-state index contributed by atoms with van der Waals surface area (Å²) in [6.07, 6.45) is 1.06. The van der Waals surface area contributed by atoms with Gasteiger partial charge in [-0.2, -0.15) is 0 Å². The maximum absolute atomic E-state index is 6.43. The van der Waals surface area contributed by atoms with Crippen LogP contribution in [-0.4, -0.2) is 7.11 Å². The van der Waals surface area contributed by atoms with Crippen LogP contribution in [0.25, 0.3) is 0 Å². The van der Waals surface area contributed by atoms with E-state index < -0.39 is 0 Å². The zero-order valence-corrected chi connectivity index (χ0v) is 10.8. The van der Waals surface area contributed by atoms with Crippen LogP contribution in [0.15, 0.2) is 12.1 Å². The lowest BCUT2D eigenvalue weighted by Gasteiger charge is -2.19. The van der Waals surface area contributed by atoms with Crippen molar-refractivity contribution in [2.75, 3.05) is 7.11 Å². The third kappa shape index (κ3) is 1.44. The van der Waals surface area contributed by atoms with Crippen LogP contribution in [0.4, 0.5) is 0 Å². The normalized spacial score (nSPS) is 26.6. The second kappa shape index (κ2) is 3.24. The third-order valence-corrected chi connectivity index (χ3v) is 3.98. The monoisotopic (exact) mass is 219 g/mol. The van der Waals surface area contributed by atoms with Gasteiger partial charge in [-0.15, -0.1) is 0 Å². The topological polar surface area (TPSA) is 35.2 Å². The molecule has 0 radical (unpaired) electrons. The van der Waals surface area contributed by atoms with E-state index in [4.69, 9.17) is 10.5 Å². The number of methoxy groups -OCH3 is 1. The molecule has 2 nitrogen and oxygen atoms in total. The SMILES string of the molecule is COc1c(C)cc(C2(N)CC2(C)C)cc1C. The zero-order valence-electron chi connectivity index (χ0n) is 10.8. The molecule has 0 bridgehead atoms. The van der Waals surface area contributed by atoms with Gasteiger partial charge in [-0.05, 0) is 42.4 Å². The molecule has 16 heavy (non-hydrogen) atoms. The van der Waals surface area contributed by atoms with Crippen LogP contribution in [0, 0.1) is 19.3 Å². The minimum absolute atomic E-state index is 0.144. The van der Waals surface area contributed by atoms with Crippen LogP contribution in [0.2, 0.25) is 0 Å². The van der Waals surface area contributed by atoms with Gasteiger partial charge in [0.25, 0.3) is 0 Å². The quantitative estimate of drug-likeness (QED) is 0.830. The molecule has 1 aliphatic rings. The van der Waals surface area contributed by atoms with E-state index in [2.05, 4.69) is 39.8 Å². The highest BCUT2D eigenvalue weighted by Gasteiger charge is 2.59. The standard InChI is InChI=1S/C14H21NO/c1-9-6-11(7-10(2)12(9)16-5)14(15)8-13(14,3)4/h6-7H,8,15H2,1-5H3. The van der Waals surface area contributed by atoms with Crippen LogP contribution < -0.4 is 10.5 Å². The van der Waals surface area contributed by atoms with Crippen LogP contribution in [-0.2, 0) is 5.54 Å². The fourth-order valence-corrected chi connectivity index (χ4v) is 2.68. The Hall–Kier alpha value is -1.02. The molecule has 0 heterocycles. The van der Waals surface area contributed by atoms with E-state index in [9.17, 15) is 0 Å². The van der Waals surface area contributed by atoms with Crippen LogP contribution >= 0.6 is 0 Å². The molecule has 2 heteroatoms. The molecule has 1 saturated carbocycles. The average molecular weight is 219 g/mol. The van der Waals surface area contributed by atoms with Crippen molar-refractivity contribution in [3.63, 3.8) is 0 Å². The van der Waals surface area contributed by atoms with Gasteiger partial charge in [0.15, 0.2) is 0 Å². The van der Waals surface area contributed by atoms with Crippen molar-refractivity contribution in [1.82, 2.24) is 0 Å². The van der Waals surface area contributed by atoms with Crippen molar-refractivity contribution in [3.05, 3.63) is 28.8 Å². The lowest BCUT2D eigenvalue weighted by atomic mass is 9.93. The molecule has 0 saturated heterocycles. The van der Waals surface area contributed by atoms with E-state index >= 15 is 0 Å². The number of ether oxygens (including phenoxy) is 1. The summed E-state index contributed by atoms with van der Waals surface area (Å²) in [5.74, 6) is 0.978. The number of nitrogens with two attached hydrogens (primary N) is 1. The molecule has 1 aromatic carbocycles. The summed E-state index contributed by atoms with van der Waals surface area (Å²) < 4.78 is 5.37. The summed E-state index contributed by atoms with van der Waals surface area (Å²) in [6, 6.07) is 4.33. The lowest BCUT2D eigenvalue weighted by Crippen LogP contribution is -2.25. The first-order chi connectivity index (χ1) is 7.32. The number of hydrogen-bond acceptors (Lipinski definition) is 2. The van der Waals surface area contributed by atoms with Crippen LogP contribution in [0.5, 0.6) is 5.75 Å². The maximum Gasteiger partial charge on any atom is 0.124 e. The fraction of sp³-hybridized carbons (Fsp3) is 0.571. The van der Waals surface area contributed by atoms with Crippen molar-refractivity contribution >= 4 is 0 Å². The second-order valence-corrected chi connectivity index (χ2v) is 5.68. The Morgan fingerprint density at radius 3 is 1.94 bits per heavy atom. The molecule has 2 N–H and O–H groups in total.